The van der Waals surface area contributed by atoms with Gasteiger partial charge in [0.15, 0.2) is 36.0 Å². The van der Waals surface area contributed by atoms with E-state index in [9.17, 15) is 33.7 Å². The van der Waals surface area contributed by atoms with E-state index in [4.69, 9.17) is 30.0 Å². The third-order valence-electron chi connectivity index (χ3n) is 6.14. The van der Waals surface area contributed by atoms with Gasteiger partial charge in [0.1, 0.15) is 30.7 Å². The number of alkyl halides is 2. The van der Waals surface area contributed by atoms with E-state index in [1.54, 1.807) is 0 Å². The van der Waals surface area contributed by atoms with E-state index < -0.39 is 81.5 Å². The fourth-order valence-corrected chi connectivity index (χ4v) is 5.22. The van der Waals surface area contributed by atoms with Crippen LogP contribution in [0.4, 0.5) is 20.7 Å². The van der Waals surface area contributed by atoms with Crippen LogP contribution in [0.5, 0.6) is 0 Å². The number of hydrogen-bond acceptors (Lipinski definition) is 15. The number of imidazole rings is 1. The Balaban J connectivity index is 1.28. The summed E-state index contributed by atoms with van der Waals surface area (Å²) in [6.45, 7) is -1.80. The summed E-state index contributed by atoms with van der Waals surface area (Å²) < 4.78 is 64.8. The van der Waals surface area contributed by atoms with E-state index in [1.165, 1.54) is 0 Å². The van der Waals surface area contributed by atoms with Crippen LogP contribution in [-0.4, -0.2) is 99.1 Å². The van der Waals surface area contributed by atoms with Gasteiger partial charge in [-0.25, -0.2) is 28.1 Å². The lowest BCUT2D eigenvalue weighted by Gasteiger charge is -2.22. The van der Waals surface area contributed by atoms with Gasteiger partial charge in [-0.1, -0.05) is 0 Å². The molecule has 8 N–H and O–H groups in total. The van der Waals surface area contributed by atoms with E-state index in [0.29, 0.717) is 4.57 Å². The van der Waals surface area contributed by atoms with E-state index >= 15 is 4.39 Å². The standard InChI is InChI=1S/C18H22F2N9O10P/c19-7-10(31)6(38-14(7)29-4-24-16(21)27-18(29)33)2-36-40(34,35)39-11-5(1-30)37-15(8(11)20)28-3-23-9-12(28)25-17(22)26-13(9)32/h3-8,10-11,14-15,30-31H,1-2H2,(H,34,35)(H2,21,27,33)(H3,22,25,26,32)/t5-,6-,7+,8+,10?,11?,14-,15-/m1/s1. The molecule has 19 nitrogen and oxygen atoms in total. The van der Waals surface area contributed by atoms with Crippen LogP contribution >= 0.6 is 7.82 Å². The fraction of sp³-hybridized carbons (Fsp3) is 0.556. The highest BCUT2D eigenvalue weighted by molar-refractivity contribution is 7.47. The molecule has 22 heteroatoms. The molecule has 2 saturated heterocycles. The number of anilines is 2. The topological polar surface area (TPSA) is 278 Å². The Labute approximate surface area is 219 Å². The Bertz CT molecular complexity index is 1570. The number of fused-ring (bicyclic) bond motifs is 1. The quantitative estimate of drug-likeness (QED) is 0.144. The van der Waals surface area contributed by atoms with Crippen LogP contribution in [0.2, 0.25) is 0 Å². The van der Waals surface area contributed by atoms with Crippen LogP contribution in [0, 0.1) is 0 Å². The summed E-state index contributed by atoms with van der Waals surface area (Å²) in [6.07, 6.45) is -12.8. The van der Waals surface area contributed by atoms with Gasteiger partial charge in [-0.15, -0.1) is 0 Å². The zero-order valence-corrected chi connectivity index (χ0v) is 20.8. The minimum absolute atomic E-state index is 0.164. The summed E-state index contributed by atoms with van der Waals surface area (Å²) in [6, 6.07) is 0. The zero-order chi connectivity index (χ0) is 28.9. The van der Waals surface area contributed by atoms with Gasteiger partial charge in [-0.05, 0) is 0 Å². The van der Waals surface area contributed by atoms with Crippen LogP contribution in [-0.2, 0) is 23.1 Å². The molecule has 40 heavy (non-hydrogen) atoms. The summed E-state index contributed by atoms with van der Waals surface area (Å²) in [5.41, 5.74) is 8.73. The summed E-state index contributed by atoms with van der Waals surface area (Å²) in [4.78, 5) is 51.0. The fourth-order valence-electron chi connectivity index (χ4n) is 4.27. The Hall–Kier alpha value is -3.43. The monoisotopic (exact) mass is 593 g/mol. The maximum atomic E-state index is 15.5. The van der Waals surface area contributed by atoms with E-state index in [1.807, 2.05) is 0 Å². The highest BCUT2D eigenvalue weighted by Crippen LogP contribution is 2.50. The number of halogens is 2. The van der Waals surface area contributed by atoms with Gasteiger partial charge in [-0.2, -0.15) is 9.97 Å². The molecular weight excluding hydrogens is 571 g/mol. The largest absolute Gasteiger partial charge is 0.472 e. The molecule has 2 fully saturated rings. The van der Waals surface area contributed by atoms with Gasteiger partial charge in [0.05, 0.1) is 19.5 Å². The third-order valence-corrected chi connectivity index (χ3v) is 7.13. The van der Waals surface area contributed by atoms with Crippen LogP contribution < -0.4 is 22.7 Å². The van der Waals surface area contributed by atoms with Crippen molar-refractivity contribution in [2.45, 2.75) is 49.2 Å². The van der Waals surface area contributed by atoms with Crippen molar-refractivity contribution in [2.24, 2.45) is 0 Å². The molecule has 9 atom stereocenters. The number of ether oxygens (including phenoxy) is 2. The highest BCUT2D eigenvalue weighted by Gasteiger charge is 2.51. The lowest BCUT2D eigenvalue weighted by molar-refractivity contribution is -0.0582. The molecule has 0 bridgehead atoms. The molecular formula is C18H22F2N9O10P. The molecule has 0 aliphatic carbocycles. The number of rotatable bonds is 8. The minimum Gasteiger partial charge on any atom is -0.394 e. The van der Waals surface area contributed by atoms with Crippen LogP contribution in [0.1, 0.15) is 12.5 Å². The molecule has 2 aliphatic rings. The van der Waals surface area contributed by atoms with Crippen molar-refractivity contribution in [3.63, 3.8) is 0 Å². The maximum absolute atomic E-state index is 15.5. The number of aromatic amines is 1. The first kappa shape index (κ1) is 28.1. The summed E-state index contributed by atoms with van der Waals surface area (Å²) >= 11 is 0. The van der Waals surface area contributed by atoms with E-state index in [0.717, 1.165) is 17.2 Å². The van der Waals surface area contributed by atoms with Crippen molar-refractivity contribution < 1.29 is 47.0 Å². The normalized spacial score (nSPS) is 32.0. The summed E-state index contributed by atoms with van der Waals surface area (Å²) in [5, 5.41) is 19.8. The number of nitrogens with one attached hydrogen (secondary N) is 1. The van der Waals surface area contributed by atoms with Gasteiger partial charge >= 0.3 is 13.5 Å². The molecule has 0 amide bonds. The second-order valence-corrected chi connectivity index (χ2v) is 10.1. The number of nitrogens with two attached hydrogens (primary N) is 2. The molecule has 5 rings (SSSR count). The molecule has 218 valence electrons. The second kappa shape index (κ2) is 10.5. The van der Waals surface area contributed by atoms with Crippen molar-refractivity contribution in [1.29, 1.82) is 0 Å². The minimum atomic E-state index is -5.17. The average molecular weight is 593 g/mol. The van der Waals surface area contributed by atoms with Gasteiger partial charge in [0.2, 0.25) is 11.9 Å². The Kier molecular flexibility index (Phi) is 7.39. The Morgan fingerprint density at radius 1 is 1.07 bits per heavy atom. The third kappa shape index (κ3) is 5.08. The van der Waals surface area contributed by atoms with Gasteiger partial charge < -0.3 is 36.0 Å². The van der Waals surface area contributed by atoms with Crippen molar-refractivity contribution in [2.75, 3.05) is 24.7 Å². The summed E-state index contributed by atoms with van der Waals surface area (Å²) in [7, 11) is -5.17. The number of aliphatic hydroxyl groups is 2. The number of nitrogen functional groups attached to an aromatic ring is 2. The molecule has 5 heterocycles. The molecule has 0 aromatic carbocycles. The second-order valence-electron chi connectivity index (χ2n) is 8.71. The molecule has 0 radical (unpaired) electrons. The first-order valence-corrected chi connectivity index (χ1v) is 12.9. The summed E-state index contributed by atoms with van der Waals surface area (Å²) in [5.74, 6) is -0.676. The molecule has 3 unspecified atom stereocenters. The van der Waals surface area contributed by atoms with E-state index in [2.05, 4.69) is 24.9 Å². The number of phosphoric acid groups is 1. The van der Waals surface area contributed by atoms with Crippen LogP contribution in [0.25, 0.3) is 11.2 Å². The lowest BCUT2D eigenvalue weighted by Crippen LogP contribution is -2.35. The van der Waals surface area contributed by atoms with Crippen molar-refractivity contribution in [1.82, 2.24) is 34.1 Å². The smallest absolute Gasteiger partial charge is 0.394 e. The van der Waals surface area contributed by atoms with Crippen molar-refractivity contribution >= 4 is 30.9 Å². The molecule has 2 aliphatic heterocycles. The highest BCUT2D eigenvalue weighted by atomic mass is 31.2. The Morgan fingerprint density at radius 2 is 1.75 bits per heavy atom. The van der Waals surface area contributed by atoms with Crippen LogP contribution in [0.15, 0.2) is 22.2 Å². The maximum Gasteiger partial charge on any atom is 0.472 e. The zero-order valence-electron chi connectivity index (χ0n) is 19.9. The molecule has 0 saturated carbocycles. The van der Waals surface area contributed by atoms with Crippen molar-refractivity contribution in [3.05, 3.63) is 33.5 Å². The number of H-pyrrole nitrogens is 1. The van der Waals surface area contributed by atoms with Crippen LogP contribution in [0.3, 0.4) is 0 Å². The number of aromatic nitrogens is 7. The van der Waals surface area contributed by atoms with Gasteiger partial charge in [-0.3, -0.25) is 28.0 Å². The van der Waals surface area contributed by atoms with Gasteiger partial charge in [0.25, 0.3) is 5.56 Å². The number of phosphoric ester groups is 1. The molecule has 3 aromatic rings. The Morgan fingerprint density at radius 3 is 2.45 bits per heavy atom. The predicted octanol–water partition coefficient (Wildman–Crippen LogP) is -2.74. The number of aliphatic hydroxyl groups excluding tert-OH is 2. The first-order chi connectivity index (χ1) is 18.9. The first-order valence-electron chi connectivity index (χ1n) is 11.4. The molecule has 3 aromatic heterocycles. The van der Waals surface area contributed by atoms with Gasteiger partial charge in [0, 0.05) is 0 Å². The number of nitrogens with zero attached hydrogens (tertiary/aromatic N) is 6. The van der Waals surface area contributed by atoms with E-state index in [-0.39, 0.29) is 23.1 Å². The molecule has 0 spiro atoms. The lowest BCUT2D eigenvalue weighted by atomic mass is 10.1. The predicted molar refractivity (Wildman–Crippen MR) is 125 cm³/mol. The number of hydrogen-bond donors (Lipinski definition) is 6. The SMILES string of the molecule is Nc1ncn([C@@H]2O[C@H](COP(=O)(O)OC3[C@@H](CO)O[C@@H](n4cnc5c(=O)[nH]c(N)nc54)[C@H]3F)C(O)[C@@H]2F)c(=O)n1. The average Bonchev–Trinajstić information content (AvgIpc) is 3.53. The van der Waals surface area contributed by atoms with Crippen molar-refractivity contribution in [3.8, 4) is 0 Å².